The number of allylic oxidation sites excluding steroid dienone is 1. The van der Waals surface area contributed by atoms with Gasteiger partial charge in [-0.15, -0.1) is 11.7 Å². The van der Waals surface area contributed by atoms with Crippen LogP contribution in [0.25, 0.3) is 0 Å². The highest BCUT2D eigenvalue weighted by Crippen LogP contribution is 2.18. The van der Waals surface area contributed by atoms with E-state index in [1.54, 1.807) is 0 Å². The summed E-state index contributed by atoms with van der Waals surface area (Å²) in [6.07, 6.45) is 1.37. The van der Waals surface area contributed by atoms with Crippen molar-refractivity contribution < 1.29 is 21.9 Å². The molecule has 0 unspecified atom stereocenters. The summed E-state index contributed by atoms with van der Waals surface area (Å²) < 4.78 is 53.9. The summed E-state index contributed by atoms with van der Waals surface area (Å²) in [6.45, 7) is 0.480. The normalized spacial score (nSPS) is 11.6. The Morgan fingerprint density at radius 1 is 1.35 bits per heavy atom. The molecule has 0 bridgehead atoms. The first kappa shape index (κ1) is 16.9. The summed E-state index contributed by atoms with van der Waals surface area (Å²) in [4.78, 5) is 11.5. The Morgan fingerprint density at radius 3 is 2.57 bits per heavy atom. The van der Waals surface area contributed by atoms with E-state index in [9.17, 15) is 22.0 Å². The fourth-order valence-electron chi connectivity index (χ4n) is 1.88. The molecule has 0 spiro atoms. The number of benzene rings is 1. The molecule has 0 aliphatic rings. The second-order valence-electron chi connectivity index (χ2n) is 4.49. The standard InChI is InChI=1S/C13H13F2N3O4S/c1-2-7-18-12(19)16-17-13(18)23(20,21)8-9-3-5-10(6-4-9)22-11(14)15/h2-6,11H,1,7-8H2,(H,16,19). The van der Waals surface area contributed by atoms with E-state index < -0.39 is 33.0 Å². The van der Waals surface area contributed by atoms with Crippen molar-refractivity contribution in [3.63, 3.8) is 0 Å². The maximum Gasteiger partial charge on any atom is 0.387 e. The van der Waals surface area contributed by atoms with Crippen LogP contribution in [0.4, 0.5) is 8.78 Å². The Bertz CT molecular complexity index is 841. The number of nitrogens with one attached hydrogen (secondary N) is 1. The summed E-state index contributed by atoms with van der Waals surface area (Å²) in [5, 5.41) is 5.19. The minimum Gasteiger partial charge on any atom is -0.435 e. The number of aromatic nitrogens is 3. The van der Waals surface area contributed by atoms with Crippen molar-refractivity contribution in [2.75, 3.05) is 0 Å². The molecule has 1 N–H and O–H groups in total. The second kappa shape index (κ2) is 6.73. The molecule has 0 saturated heterocycles. The summed E-state index contributed by atoms with van der Waals surface area (Å²) in [7, 11) is -3.90. The first-order chi connectivity index (χ1) is 10.8. The molecule has 23 heavy (non-hydrogen) atoms. The SMILES string of the molecule is C=CCn1c(S(=O)(=O)Cc2ccc(OC(F)F)cc2)n[nH]c1=O. The van der Waals surface area contributed by atoms with Crippen LogP contribution in [0, 0.1) is 0 Å². The molecule has 0 amide bonds. The molecular weight excluding hydrogens is 332 g/mol. The Morgan fingerprint density at radius 2 is 2.00 bits per heavy atom. The molecule has 124 valence electrons. The number of H-pyrrole nitrogens is 1. The predicted octanol–water partition coefficient (Wildman–Crippen LogP) is 1.33. The van der Waals surface area contributed by atoms with Gasteiger partial charge in [-0.05, 0) is 17.7 Å². The van der Waals surface area contributed by atoms with E-state index in [2.05, 4.69) is 21.5 Å². The number of halogens is 2. The number of ether oxygens (including phenoxy) is 1. The van der Waals surface area contributed by atoms with Gasteiger partial charge >= 0.3 is 12.3 Å². The van der Waals surface area contributed by atoms with Gasteiger partial charge in [0.2, 0.25) is 9.84 Å². The zero-order valence-electron chi connectivity index (χ0n) is 11.8. The van der Waals surface area contributed by atoms with E-state index in [4.69, 9.17) is 0 Å². The van der Waals surface area contributed by atoms with Crippen molar-refractivity contribution in [3.8, 4) is 5.75 Å². The van der Waals surface area contributed by atoms with Gasteiger partial charge in [0.05, 0.1) is 5.75 Å². The third kappa shape index (κ3) is 4.03. The lowest BCUT2D eigenvalue weighted by Gasteiger charge is -2.07. The monoisotopic (exact) mass is 345 g/mol. The van der Waals surface area contributed by atoms with Crippen LogP contribution in [0.15, 0.2) is 46.9 Å². The molecule has 10 heteroatoms. The highest BCUT2D eigenvalue weighted by molar-refractivity contribution is 7.90. The summed E-state index contributed by atoms with van der Waals surface area (Å²) in [5.74, 6) is -0.520. The zero-order valence-corrected chi connectivity index (χ0v) is 12.6. The Balaban J connectivity index is 2.25. The quantitative estimate of drug-likeness (QED) is 0.764. The first-order valence-electron chi connectivity index (χ1n) is 6.36. The number of aromatic amines is 1. The smallest absolute Gasteiger partial charge is 0.387 e. The Labute approximate surface area is 130 Å². The summed E-state index contributed by atoms with van der Waals surface area (Å²) >= 11 is 0. The van der Waals surface area contributed by atoms with Crippen molar-refractivity contribution in [1.29, 1.82) is 0 Å². The Hall–Kier alpha value is -2.49. The van der Waals surface area contributed by atoms with Crippen LogP contribution < -0.4 is 10.4 Å². The molecule has 2 aromatic rings. The maximum absolute atomic E-state index is 12.3. The topological polar surface area (TPSA) is 94.0 Å². The molecule has 0 aliphatic carbocycles. The van der Waals surface area contributed by atoms with E-state index in [1.165, 1.54) is 30.3 Å². The van der Waals surface area contributed by atoms with Gasteiger partial charge in [0.1, 0.15) is 5.75 Å². The lowest BCUT2D eigenvalue weighted by molar-refractivity contribution is -0.0498. The fourth-order valence-corrected chi connectivity index (χ4v) is 3.32. The molecule has 1 heterocycles. The van der Waals surface area contributed by atoms with Gasteiger partial charge in [-0.1, -0.05) is 18.2 Å². The fraction of sp³-hybridized carbons (Fsp3) is 0.231. The Kier molecular flexibility index (Phi) is 4.94. The van der Waals surface area contributed by atoms with Crippen molar-refractivity contribution in [3.05, 3.63) is 53.0 Å². The number of rotatable bonds is 7. The van der Waals surface area contributed by atoms with Gasteiger partial charge in [-0.3, -0.25) is 4.57 Å². The number of alkyl halides is 2. The minimum atomic E-state index is -3.90. The van der Waals surface area contributed by atoms with E-state index in [1.807, 2.05) is 0 Å². The van der Waals surface area contributed by atoms with Gasteiger partial charge in [0.25, 0.3) is 5.16 Å². The van der Waals surface area contributed by atoms with Gasteiger partial charge < -0.3 is 4.74 Å². The van der Waals surface area contributed by atoms with Crippen LogP contribution in [-0.4, -0.2) is 29.8 Å². The minimum absolute atomic E-state index is 0.00887. The van der Waals surface area contributed by atoms with Crippen LogP contribution in [0.5, 0.6) is 5.75 Å². The second-order valence-corrected chi connectivity index (χ2v) is 6.38. The van der Waals surface area contributed by atoms with Crippen LogP contribution in [0.1, 0.15) is 5.56 Å². The van der Waals surface area contributed by atoms with Crippen molar-refractivity contribution in [1.82, 2.24) is 14.8 Å². The lowest BCUT2D eigenvalue weighted by Crippen LogP contribution is -2.21. The van der Waals surface area contributed by atoms with E-state index in [-0.39, 0.29) is 12.3 Å². The third-order valence-electron chi connectivity index (χ3n) is 2.82. The molecule has 0 aliphatic heterocycles. The van der Waals surface area contributed by atoms with Crippen LogP contribution >= 0.6 is 0 Å². The third-order valence-corrected chi connectivity index (χ3v) is 4.40. The van der Waals surface area contributed by atoms with Crippen molar-refractivity contribution in [2.45, 2.75) is 24.1 Å². The number of hydrogen-bond acceptors (Lipinski definition) is 5. The van der Waals surface area contributed by atoms with Gasteiger partial charge in [0, 0.05) is 6.54 Å². The molecule has 0 radical (unpaired) electrons. The number of hydrogen-bond donors (Lipinski definition) is 1. The predicted molar refractivity (Wildman–Crippen MR) is 77.0 cm³/mol. The average Bonchev–Trinajstić information content (AvgIpc) is 2.83. The molecule has 7 nitrogen and oxygen atoms in total. The van der Waals surface area contributed by atoms with Gasteiger partial charge in [0.15, 0.2) is 0 Å². The molecule has 0 saturated carbocycles. The highest BCUT2D eigenvalue weighted by atomic mass is 32.2. The average molecular weight is 345 g/mol. The lowest BCUT2D eigenvalue weighted by atomic mass is 10.2. The number of sulfone groups is 1. The van der Waals surface area contributed by atoms with Crippen LogP contribution in [-0.2, 0) is 22.1 Å². The van der Waals surface area contributed by atoms with E-state index in [0.29, 0.717) is 5.56 Å². The maximum atomic E-state index is 12.3. The molecular formula is C13H13F2N3O4S. The van der Waals surface area contributed by atoms with Crippen LogP contribution in [0.3, 0.4) is 0 Å². The van der Waals surface area contributed by atoms with Gasteiger partial charge in [-0.25, -0.2) is 18.3 Å². The van der Waals surface area contributed by atoms with Crippen molar-refractivity contribution >= 4 is 9.84 Å². The highest BCUT2D eigenvalue weighted by Gasteiger charge is 2.23. The molecule has 2 rings (SSSR count). The zero-order chi connectivity index (χ0) is 17.0. The number of nitrogens with zero attached hydrogens (tertiary/aromatic N) is 2. The van der Waals surface area contributed by atoms with Gasteiger partial charge in [-0.2, -0.15) is 8.78 Å². The molecule has 1 aromatic heterocycles. The molecule has 0 atom stereocenters. The summed E-state index contributed by atoms with van der Waals surface area (Å²) in [6, 6.07) is 5.16. The van der Waals surface area contributed by atoms with E-state index >= 15 is 0 Å². The molecule has 1 aromatic carbocycles. The largest absolute Gasteiger partial charge is 0.435 e. The first-order valence-corrected chi connectivity index (χ1v) is 8.01. The van der Waals surface area contributed by atoms with Crippen LogP contribution in [0.2, 0.25) is 0 Å². The molecule has 0 fully saturated rings. The van der Waals surface area contributed by atoms with E-state index in [0.717, 1.165) is 4.57 Å². The summed E-state index contributed by atoms with van der Waals surface area (Å²) in [5.41, 5.74) is -0.323. The van der Waals surface area contributed by atoms with Crippen molar-refractivity contribution in [2.24, 2.45) is 0 Å².